The van der Waals surface area contributed by atoms with Crippen LogP contribution in [0, 0.1) is 6.92 Å². The van der Waals surface area contributed by atoms with Crippen LogP contribution in [0.3, 0.4) is 0 Å². The standard InChI is InChI=1S/C25H27Cl2N7O2/c1-15-20(27)10-19(16(2)33-25-22-24(30-13-29-22)31-14-32-25)23(21(15)17-9-18(26)12-28-11-17)36-8-5-34-3-6-35-7-4-34/h9-14,16H,3-8H2,1-2H3,(H2,29,30,31,32,33). The minimum Gasteiger partial charge on any atom is -0.491 e. The summed E-state index contributed by atoms with van der Waals surface area (Å²) in [5, 5.41) is 4.63. The summed E-state index contributed by atoms with van der Waals surface area (Å²) >= 11 is 13.1. The molecule has 188 valence electrons. The summed E-state index contributed by atoms with van der Waals surface area (Å²) in [6.07, 6.45) is 6.49. The number of pyridine rings is 1. The Kier molecular flexibility index (Phi) is 7.52. The molecule has 4 aromatic rings. The summed E-state index contributed by atoms with van der Waals surface area (Å²) in [5.41, 5.74) is 4.83. The molecule has 11 heteroatoms. The number of hydrogen-bond acceptors (Lipinski definition) is 8. The minimum absolute atomic E-state index is 0.206. The number of fused-ring (bicyclic) bond motifs is 1. The fraction of sp³-hybridized carbons (Fsp3) is 0.360. The number of aromatic amines is 1. The average molecular weight is 528 g/mol. The maximum absolute atomic E-state index is 6.76. The Morgan fingerprint density at radius 1 is 1.17 bits per heavy atom. The number of morpholine rings is 1. The van der Waals surface area contributed by atoms with Gasteiger partial charge in [-0.2, -0.15) is 0 Å². The van der Waals surface area contributed by atoms with Gasteiger partial charge in [-0.15, -0.1) is 0 Å². The van der Waals surface area contributed by atoms with E-state index in [4.69, 9.17) is 32.7 Å². The van der Waals surface area contributed by atoms with Gasteiger partial charge < -0.3 is 19.8 Å². The predicted octanol–water partition coefficient (Wildman–Crippen LogP) is 4.91. The summed E-state index contributed by atoms with van der Waals surface area (Å²) < 4.78 is 12.0. The zero-order valence-electron chi connectivity index (χ0n) is 20.1. The largest absolute Gasteiger partial charge is 0.491 e. The first-order chi connectivity index (χ1) is 17.5. The maximum atomic E-state index is 6.76. The summed E-state index contributed by atoms with van der Waals surface area (Å²) in [4.78, 5) is 22.6. The van der Waals surface area contributed by atoms with Crippen LogP contribution in [0.2, 0.25) is 10.0 Å². The first-order valence-corrected chi connectivity index (χ1v) is 12.5. The van der Waals surface area contributed by atoms with Crippen molar-refractivity contribution in [2.75, 3.05) is 44.8 Å². The van der Waals surface area contributed by atoms with Gasteiger partial charge in [0.05, 0.1) is 30.6 Å². The number of rotatable bonds is 8. The maximum Gasteiger partial charge on any atom is 0.162 e. The second kappa shape index (κ2) is 11.0. The van der Waals surface area contributed by atoms with Crippen molar-refractivity contribution in [3.05, 3.63) is 58.4 Å². The van der Waals surface area contributed by atoms with Gasteiger partial charge in [0.25, 0.3) is 0 Å². The third-order valence-electron chi connectivity index (χ3n) is 6.29. The van der Waals surface area contributed by atoms with Gasteiger partial charge in [0.2, 0.25) is 0 Å². The van der Waals surface area contributed by atoms with Gasteiger partial charge in [0.1, 0.15) is 24.2 Å². The molecule has 1 saturated heterocycles. The van der Waals surface area contributed by atoms with E-state index in [-0.39, 0.29) is 6.04 Å². The molecular weight excluding hydrogens is 501 g/mol. The minimum atomic E-state index is -0.206. The van der Waals surface area contributed by atoms with Crippen molar-refractivity contribution in [2.24, 2.45) is 0 Å². The number of imidazole rings is 1. The molecule has 9 nitrogen and oxygen atoms in total. The topological polar surface area (TPSA) is 101 Å². The van der Waals surface area contributed by atoms with Crippen molar-refractivity contribution < 1.29 is 9.47 Å². The van der Waals surface area contributed by atoms with Crippen LogP contribution in [-0.4, -0.2) is 69.3 Å². The Balaban J connectivity index is 1.52. The summed E-state index contributed by atoms with van der Waals surface area (Å²) in [7, 11) is 0. The number of ether oxygens (including phenoxy) is 2. The van der Waals surface area contributed by atoms with E-state index in [0.29, 0.717) is 33.6 Å². The molecule has 3 aromatic heterocycles. The summed E-state index contributed by atoms with van der Waals surface area (Å²) in [5.74, 6) is 1.36. The molecule has 1 aliphatic heterocycles. The molecule has 0 radical (unpaired) electrons. The number of nitrogens with one attached hydrogen (secondary N) is 2. The zero-order chi connectivity index (χ0) is 25.1. The lowest BCUT2D eigenvalue weighted by Gasteiger charge is -2.28. The Bertz CT molecular complexity index is 1360. The normalized spacial score (nSPS) is 15.2. The number of halogens is 2. The van der Waals surface area contributed by atoms with Crippen LogP contribution < -0.4 is 10.1 Å². The third kappa shape index (κ3) is 5.24. The lowest BCUT2D eigenvalue weighted by molar-refractivity contribution is 0.0322. The fourth-order valence-corrected chi connectivity index (χ4v) is 4.76. The number of hydrogen-bond donors (Lipinski definition) is 2. The van der Waals surface area contributed by atoms with E-state index in [2.05, 4.69) is 35.1 Å². The highest BCUT2D eigenvalue weighted by molar-refractivity contribution is 6.32. The van der Waals surface area contributed by atoms with Gasteiger partial charge in [-0.25, -0.2) is 15.0 Å². The Hall–Kier alpha value is -2.98. The van der Waals surface area contributed by atoms with Crippen LogP contribution in [0.1, 0.15) is 24.1 Å². The van der Waals surface area contributed by atoms with Gasteiger partial charge >= 0.3 is 0 Å². The molecule has 1 fully saturated rings. The summed E-state index contributed by atoms with van der Waals surface area (Å²) in [6, 6.07) is 3.62. The molecule has 1 unspecified atom stereocenters. The SMILES string of the molecule is Cc1c(Cl)cc(C(C)Nc2ncnc3[nH]cnc23)c(OCCN2CCOCC2)c1-c1cncc(Cl)c1. The first kappa shape index (κ1) is 24.7. The van der Waals surface area contributed by atoms with E-state index in [1.165, 1.54) is 6.33 Å². The molecule has 36 heavy (non-hydrogen) atoms. The third-order valence-corrected chi connectivity index (χ3v) is 6.89. The lowest BCUT2D eigenvalue weighted by Crippen LogP contribution is -2.38. The van der Waals surface area contributed by atoms with Crippen LogP contribution in [0.25, 0.3) is 22.3 Å². The van der Waals surface area contributed by atoms with Crippen LogP contribution in [0.4, 0.5) is 5.82 Å². The molecule has 0 amide bonds. The van der Waals surface area contributed by atoms with Gasteiger partial charge in [0, 0.05) is 53.7 Å². The number of anilines is 1. The Labute approximate surface area is 219 Å². The molecule has 0 bridgehead atoms. The smallest absolute Gasteiger partial charge is 0.162 e. The summed E-state index contributed by atoms with van der Waals surface area (Å²) in [6.45, 7) is 8.60. The van der Waals surface area contributed by atoms with Crippen LogP contribution in [0.5, 0.6) is 5.75 Å². The molecule has 5 rings (SSSR count). The Morgan fingerprint density at radius 2 is 2.00 bits per heavy atom. The van der Waals surface area contributed by atoms with Crippen LogP contribution in [-0.2, 0) is 4.74 Å². The highest BCUT2D eigenvalue weighted by atomic mass is 35.5. The molecule has 0 spiro atoms. The van der Waals surface area contributed by atoms with E-state index < -0.39 is 0 Å². The van der Waals surface area contributed by atoms with Crippen molar-refractivity contribution in [3.8, 4) is 16.9 Å². The van der Waals surface area contributed by atoms with E-state index in [0.717, 1.165) is 60.9 Å². The predicted molar refractivity (Wildman–Crippen MR) is 141 cm³/mol. The highest BCUT2D eigenvalue weighted by Gasteiger charge is 2.23. The van der Waals surface area contributed by atoms with Gasteiger partial charge in [-0.1, -0.05) is 23.2 Å². The van der Waals surface area contributed by atoms with Gasteiger partial charge in [-0.3, -0.25) is 9.88 Å². The van der Waals surface area contributed by atoms with Crippen LogP contribution >= 0.6 is 23.2 Å². The quantitative estimate of drug-likeness (QED) is 0.333. The van der Waals surface area contributed by atoms with E-state index in [9.17, 15) is 0 Å². The van der Waals surface area contributed by atoms with Crippen molar-refractivity contribution in [2.45, 2.75) is 19.9 Å². The van der Waals surface area contributed by atoms with E-state index >= 15 is 0 Å². The van der Waals surface area contributed by atoms with Crippen molar-refractivity contribution in [1.82, 2.24) is 29.8 Å². The second-order valence-corrected chi connectivity index (χ2v) is 9.50. The molecule has 1 aliphatic rings. The molecule has 1 aromatic carbocycles. The first-order valence-electron chi connectivity index (χ1n) is 11.8. The second-order valence-electron chi connectivity index (χ2n) is 8.66. The van der Waals surface area contributed by atoms with Crippen LogP contribution in [0.15, 0.2) is 37.2 Å². The average Bonchev–Trinajstić information content (AvgIpc) is 3.37. The zero-order valence-corrected chi connectivity index (χ0v) is 21.6. The number of aromatic nitrogens is 5. The number of nitrogens with zero attached hydrogens (tertiary/aromatic N) is 5. The Morgan fingerprint density at radius 3 is 2.81 bits per heavy atom. The number of benzene rings is 1. The van der Waals surface area contributed by atoms with E-state index in [1.54, 1.807) is 18.7 Å². The molecule has 0 aliphatic carbocycles. The van der Waals surface area contributed by atoms with Gasteiger partial charge in [-0.05, 0) is 31.5 Å². The molecule has 2 N–H and O–H groups in total. The highest BCUT2D eigenvalue weighted by Crippen LogP contribution is 2.43. The number of H-pyrrole nitrogens is 1. The fourth-order valence-electron chi connectivity index (χ4n) is 4.37. The van der Waals surface area contributed by atoms with E-state index in [1.807, 2.05) is 26.0 Å². The van der Waals surface area contributed by atoms with Crippen molar-refractivity contribution in [3.63, 3.8) is 0 Å². The molecular formula is C25H27Cl2N7O2. The monoisotopic (exact) mass is 527 g/mol. The lowest BCUT2D eigenvalue weighted by atomic mass is 9.94. The van der Waals surface area contributed by atoms with Crippen molar-refractivity contribution >= 4 is 40.2 Å². The molecule has 1 atom stereocenters. The molecule has 0 saturated carbocycles. The van der Waals surface area contributed by atoms with Gasteiger partial charge in [0.15, 0.2) is 11.5 Å². The molecule has 4 heterocycles. The van der Waals surface area contributed by atoms with Crippen molar-refractivity contribution in [1.29, 1.82) is 0 Å².